The van der Waals surface area contributed by atoms with Crippen LogP contribution in [0.15, 0.2) is 12.1 Å². The third-order valence-corrected chi connectivity index (χ3v) is 8.90. The van der Waals surface area contributed by atoms with E-state index in [1.54, 1.807) is 6.07 Å². The highest BCUT2D eigenvalue weighted by atomic mass is 19.1. The van der Waals surface area contributed by atoms with Crippen molar-refractivity contribution in [3.63, 3.8) is 0 Å². The number of carboxylic acid groups (broad SMARTS) is 1. The minimum Gasteiger partial charge on any atom is -0.493 e. The van der Waals surface area contributed by atoms with Gasteiger partial charge in [-0.25, -0.2) is 9.18 Å². The standard InChI is InChI=1S/C25H30FNO5/c26-19-9-21(32-12-25-10-13-5-14(11-25)7-16(25)6-13)17(15-1-2-15)8-18(19)23(29)27-4-3-20(28)22(27)24(30)31/h8-9,13-16,20,22,28H,1-7,10-12H2,(H,30,31)/t13?,14?,16?,20-,22-,25?/m0/s1. The Labute approximate surface area is 186 Å². The number of aliphatic carboxylic acids is 1. The number of hydrogen-bond acceptors (Lipinski definition) is 4. The lowest BCUT2D eigenvalue weighted by molar-refractivity contribution is -0.144. The van der Waals surface area contributed by atoms with Gasteiger partial charge in [0, 0.05) is 18.0 Å². The molecule has 32 heavy (non-hydrogen) atoms. The van der Waals surface area contributed by atoms with Crippen molar-refractivity contribution in [3.8, 4) is 5.75 Å². The minimum atomic E-state index is -1.34. The number of carbonyl (C=O) groups is 2. The van der Waals surface area contributed by atoms with E-state index in [-0.39, 0.29) is 29.9 Å². The molecule has 0 aromatic heterocycles. The third kappa shape index (κ3) is 3.15. The van der Waals surface area contributed by atoms with Gasteiger partial charge in [-0.2, -0.15) is 0 Å². The van der Waals surface area contributed by atoms with Crippen LogP contribution in [0.4, 0.5) is 4.39 Å². The lowest BCUT2D eigenvalue weighted by Crippen LogP contribution is -2.45. The van der Waals surface area contributed by atoms with Crippen molar-refractivity contribution in [2.45, 2.75) is 69.4 Å². The van der Waals surface area contributed by atoms with Crippen molar-refractivity contribution >= 4 is 11.9 Å². The molecule has 0 radical (unpaired) electrons. The predicted molar refractivity (Wildman–Crippen MR) is 113 cm³/mol. The maximum Gasteiger partial charge on any atom is 0.329 e. The zero-order chi connectivity index (χ0) is 22.2. The summed E-state index contributed by atoms with van der Waals surface area (Å²) in [7, 11) is 0. The van der Waals surface area contributed by atoms with E-state index in [2.05, 4.69) is 0 Å². The van der Waals surface area contributed by atoms with Crippen molar-refractivity contribution in [2.75, 3.05) is 13.2 Å². The van der Waals surface area contributed by atoms with Crippen LogP contribution in [0.2, 0.25) is 0 Å². The zero-order valence-corrected chi connectivity index (χ0v) is 18.1. The van der Waals surface area contributed by atoms with Gasteiger partial charge in [0.2, 0.25) is 0 Å². The summed E-state index contributed by atoms with van der Waals surface area (Å²) in [6.45, 7) is 0.718. The van der Waals surface area contributed by atoms with Crippen molar-refractivity contribution < 1.29 is 28.9 Å². The monoisotopic (exact) mass is 443 g/mol. The summed E-state index contributed by atoms with van der Waals surface area (Å²) < 4.78 is 21.5. The largest absolute Gasteiger partial charge is 0.493 e. The molecule has 1 aromatic carbocycles. The number of rotatable bonds is 6. The van der Waals surface area contributed by atoms with Crippen LogP contribution in [-0.4, -0.2) is 52.3 Å². The Morgan fingerprint density at radius 3 is 2.50 bits per heavy atom. The van der Waals surface area contributed by atoms with E-state index in [1.807, 2.05) is 0 Å². The number of nitrogens with zero attached hydrogens (tertiary/aromatic N) is 1. The van der Waals surface area contributed by atoms with Crippen molar-refractivity contribution in [3.05, 3.63) is 29.1 Å². The Hall–Kier alpha value is -2.15. The van der Waals surface area contributed by atoms with Gasteiger partial charge < -0.3 is 19.8 Å². The molecule has 6 aliphatic rings. The smallest absolute Gasteiger partial charge is 0.329 e. The molecule has 5 saturated carbocycles. The maximum absolute atomic E-state index is 15.1. The van der Waals surface area contributed by atoms with Gasteiger partial charge in [-0.1, -0.05) is 0 Å². The van der Waals surface area contributed by atoms with Crippen LogP contribution in [0.25, 0.3) is 0 Å². The fourth-order valence-corrected chi connectivity index (χ4v) is 7.45. The molecule has 6 nitrogen and oxygen atoms in total. The molecule has 5 aliphatic carbocycles. The second-order valence-corrected chi connectivity index (χ2v) is 11.0. The highest BCUT2D eigenvalue weighted by Crippen LogP contribution is 2.65. The number of carbonyl (C=O) groups excluding carboxylic acids is 1. The van der Waals surface area contributed by atoms with Crippen LogP contribution >= 0.6 is 0 Å². The van der Waals surface area contributed by atoms with Gasteiger partial charge in [0.15, 0.2) is 6.04 Å². The van der Waals surface area contributed by atoms with E-state index in [1.165, 1.54) is 38.2 Å². The summed E-state index contributed by atoms with van der Waals surface area (Å²) in [6.07, 6.45) is 7.42. The molecule has 0 spiro atoms. The molecule has 4 atom stereocenters. The number of amides is 1. The van der Waals surface area contributed by atoms with E-state index >= 15 is 4.39 Å². The number of aliphatic hydroxyl groups is 1. The van der Waals surface area contributed by atoms with E-state index in [4.69, 9.17) is 4.74 Å². The second kappa shape index (κ2) is 7.17. The molecule has 1 saturated heterocycles. The quantitative estimate of drug-likeness (QED) is 0.702. The first-order chi connectivity index (χ1) is 15.3. The van der Waals surface area contributed by atoms with Gasteiger partial charge in [0.25, 0.3) is 5.91 Å². The Morgan fingerprint density at radius 2 is 1.84 bits per heavy atom. The topological polar surface area (TPSA) is 87.1 Å². The highest BCUT2D eigenvalue weighted by molar-refractivity contribution is 5.97. The molecular weight excluding hydrogens is 413 g/mol. The fraction of sp³-hybridized carbons (Fsp3) is 0.680. The van der Waals surface area contributed by atoms with Gasteiger partial charge in [-0.05, 0) is 86.7 Å². The first kappa shape index (κ1) is 20.5. The number of carboxylic acids is 1. The molecular formula is C25H30FNO5. The van der Waals surface area contributed by atoms with Crippen molar-refractivity contribution in [1.29, 1.82) is 0 Å². The predicted octanol–water partition coefficient (Wildman–Crippen LogP) is 3.57. The number of likely N-dealkylation sites (tertiary alicyclic amines) is 1. The Balaban J connectivity index is 1.26. The molecule has 172 valence electrons. The average molecular weight is 444 g/mol. The molecule has 2 unspecified atom stereocenters. The van der Waals surface area contributed by atoms with Crippen LogP contribution < -0.4 is 4.74 Å². The highest BCUT2D eigenvalue weighted by Gasteiger charge is 2.58. The molecule has 4 bridgehead atoms. The van der Waals surface area contributed by atoms with Gasteiger partial charge >= 0.3 is 5.97 Å². The fourth-order valence-electron chi connectivity index (χ4n) is 7.45. The van der Waals surface area contributed by atoms with Gasteiger partial charge in [-0.3, -0.25) is 4.79 Å². The number of halogens is 1. The summed E-state index contributed by atoms with van der Waals surface area (Å²) in [5.74, 6) is 0.549. The van der Waals surface area contributed by atoms with Crippen molar-refractivity contribution in [2.24, 2.45) is 23.2 Å². The average Bonchev–Trinajstić information content (AvgIpc) is 3.41. The van der Waals surface area contributed by atoms with Crippen LogP contribution in [0, 0.1) is 29.0 Å². The minimum absolute atomic E-state index is 0.0969. The number of ether oxygens (including phenoxy) is 1. The first-order valence-corrected chi connectivity index (χ1v) is 12.0. The SMILES string of the molecule is O=C(O)[C@@H]1[C@@H](O)CCN1C(=O)c1cc(C2CC2)c(OCC23CC4CC(CC2C4)C3)cc1F. The molecule has 6 fully saturated rings. The summed E-state index contributed by atoms with van der Waals surface area (Å²) in [4.78, 5) is 25.7. The number of hydrogen-bond donors (Lipinski definition) is 2. The number of aliphatic hydroxyl groups excluding tert-OH is 1. The van der Waals surface area contributed by atoms with Gasteiger partial charge in [0.1, 0.15) is 11.6 Å². The van der Waals surface area contributed by atoms with Gasteiger partial charge in [0.05, 0.1) is 18.3 Å². The van der Waals surface area contributed by atoms with Crippen LogP contribution in [-0.2, 0) is 4.79 Å². The Kier molecular flexibility index (Phi) is 4.59. The zero-order valence-electron chi connectivity index (χ0n) is 18.1. The summed E-state index contributed by atoms with van der Waals surface area (Å²) in [6, 6.07) is 1.57. The summed E-state index contributed by atoms with van der Waals surface area (Å²) >= 11 is 0. The number of benzene rings is 1. The molecule has 1 aliphatic heterocycles. The van der Waals surface area contributed by atoms with E-state index in [0.29, 0.717) is 12.4 Å². The molecule has 7 rings (SSSR count). The van der Waals surface area contributed by atoms with E-state index < -0.39 is 29.8 Å². The first-order valence-electron chi connectivity index (χ1n) is 12.0. The van der Waals surface area contributed by atoms with Crippen LogP contribution in [0.1, 0.15) is 73.2 Å². The lowest BCUT2D eigenvalue weighted by Gasteiger charge is -2.33. The third-order valence-electron chi connectivity index (χ3n) is 8.90. The summed E-state index contributed by atoms with van der Waals surface area (Å²) in [5, 5.41) is 19.4. The molecule has 1 amide bonds. The van der Waals surface area contributed by atoms with Crippen LogP contribution in [0.5, 0.6) is 5.75 Å². The normalized spacial score (nSPS) is 37.3. The maximum atomic E-state index is 15.1. The van der Waals surface area contributed by atoms with Crippen LogP contribution in [0.3, 0.4) is 0 Å². The van der Waals surface area contributed by atoms with Gasteiger partial charge in [-0.15, -0.1) is 0 Å². The molecule has 1 aromatic rings. The molecule has 1 heterocycles. The van der Waals surface area contributed by atoms with Crippen molar-refractivity contribution in [1.82, 2.24) is 4.90 Å². The second-order valence-electron chi connectivity index (χ2n) is 11.0. The molecule has 2 N–H and O–H groups in total. The Morgan fingerprint density at radius 1 is 1.12 bits per heavy atom. The Bertz CT molecular complexity index is 961. The molecule has 7 heteroatoms. The van der Waals surface area contributed by atoms with E-state index in [9.17, 15) is 19.8 Å². The lowest BCUT2D eigenvalue weighted by atomic mass is 9.76. The summed E-state index contributed by atoms with van der Waals surface area (Å²) in [5.41, 5.74) is 0.967. The van der Waals surface area contributed by atoms with E-state index in [0.717, 1.165) is 41.1 Å².